The fourth-order valence-corrected chi connectivity index (χ4v) is 1.57. The van der Waals surface area contributed by atoms with Gasteiger partial charge in [0.25, 0.3) is 0 Å². The molecule has 0 fully saturated rings. The van der Waals surface area contributed by atoms with Gasteiger partial charge in [0.2, 0.25) is 0 Å². The van der Waals surface area contributed by atoms with Gasteiger partial charge in [-0.3, -0.25) is 4.79 Å². The van der Waals surface area contributed by atoms with Crippen LogP contribution >= 0.6 is 0 Å². The monoisotopic (exact) mass is 205 g/mol. The number of unbranched alkanes of at least 4 members (excludes halogenated alkanes) is 2. The standard InChI is InChI=1S/C13H19NO/c1-11-6-5-7-12(10-11)13(15)8-3-2-4-9-14/h5-7,10H,2-4,8-9,14H2,1H3. The number of aryl methyl sites for hydroxylation is 1. The van der Waals surface area contributed by atoms with Gasteiger partial charge in [-0.25, -0.2) is 0 Å². The fourth-order valence-electron chi connectivity index (χ4n) is 1.57. The number of rotatable bonds is 6. The molecule has 0 spiro atoms. The molecule has 0 aromatic heterocycles. The van der Waals surface area contributed by atoms with Crippen LogP contribution in [0.4, 0.5) is 0 Å². The fraction of sp³-hybridized carbons (Fsp3) is 0.462. The molecule has 0 aliphatic carbocycles. The van der Waals surface area contributed by atoms with Crippen molar-refractivity contribution in [3.63, 3.8) is 0 Å². The van der Waals surface area contributed by atoms with E-state index in [1.807, 2.05) is 31.2 Å². The third kappa shape index (κ3) is 4.26. The molecule has 0 saturated carbocycles. The van der Waals surface area contributed by atoms with Gasteiger partial charge < -0.3 is 5.73 Å². The maximum absolute atomic E-state index is 11.7. The molecule has 0 saturated heterocycles. The van der Waals surface area contributed by atoms with Gasteiger partial charge in [-0.05, 0) is 32.4 Å². The van der Waals surface area contributed by atoms with E-state index in [4.69, 9.17) is 5.73 Å². The quantitative estimate of drug-likeness (QED) is 0.573. The molecule has 0 amide bonds. The molecule has 0 radical (unpaired) electrons. The van der Waals surface area contributed by atoms with Gasteiger partial charge in [0, 0.05) is 12.0 Å². The van der Waals surface area contributed by atoms with Gasteiger partial charge in [-0.2, -0.15) is 0 Å². The molecule has 1 aromatic carbocycles. The highest BCUT2D eigenvalue weighted by atomic mass is 16.1. The van der Waals surface area contributed by atoms with E-state index in [0.717, 1.165) is 36.9 Å². The van der Waals surface area contributed by atoms with Crippen LogP contribution in [0.25, 0.3) is 0 Å². The Kier molecular flexibility index (Phi) is 5.05. The smallest absolute Gasteiger partial charge is 0.162 e. The van der Waals surface area contributed by atoms with Crippen LogP contribution in [-0.4, -0.2) is 12.3 Å². The Morgan fingerprint density at radius 1 is 1.27 bits per heavy atom. The lowest BCUT2D eigenvalue weighted by atomic mass is 10.0. The first-order valence-electron chi connectivity index (χ1n) is 5.54. The summed E-state index contributed by atoms with van der Waals surface area (Å²) in [5, 5.41) is 0. The second kappa shape index (κ2) is 6.36. The van der Waals surface area contributed by atoms with Crippen molar-refractivity contribution in [3.8, 4) is 0 Å². The zero-order chi connectivity index (χ0) is 11.1. The maximum Gasteiger partial charge on any atom is 0.162 e. The number of carbonyl (C=O) groups is 1. The van der Waals surface area contributed by atoms with Crippen LogP contribution in [0.15, 0.2) is 24.3 Å². The van der Waals surface area contributed by atoms with Gasteiger partial charge in [0.1, 0.15) is 0 Å². The summed E-state index contributed by atoms with van der Waals surface area (Å²) in [4.78, 5) is 11.7. The van der Waals surface area contributed by atoms with Crippen molar-refractivity contribution in [1.29, 1.82) is 0 Å². The summed E-state index contributed by atoms with van der Waals surface area (Å²) >= 11 is 0. The molecule has 1 aromatic rings. The first-order valence-corrected chi connectivity index (χ1v) is 5.54. The van der Waals surface area contributed by atoms with Crippen LogP contribution in [0.3, 0.4) is 0 Å². The van der Waals surface area contributed by atoms with Gasteiger partial charge in [-0.15, -0.1) is 0 Å². The van der Waals surface area contributed by atoms with Crippen LogP contribution < -0.4 is 5.73 Å². The zero-order valence-corrected chi connectivity index (χ0v) is 9.33. The van der Waals surface area contributed by atoms with Gasteiger partial charge >= 0.3 is 0 Å². The predicted octanol–water partition coefficient (Wildman–Crippen LogP) is 2.70. The summed E-state index contributed by atoms with van der Waals surface area (Å²) in [6.07, 6.45) is 3.66. The number of Topliss-reactive ketones (excluding diaryl/α,β-unsaturated/α-hetero) is 1. The van der Waals surface area contributed by atoms with E-state index in [0.29, 0.717) is 6.42 Å². The molecule has 0 aliphatic heterocycles. The van der Waals surface area contributed by atoms with Gasteiger partial charge in [0.05, 0.1) is 0 Å². The van der Waals surface area contributed by atoms with E-state index >= 15 is 0 Å². The zero-order valence-electron chi connectivity index (χ0n) is 9.33. The number of nitrogens with two attached hydrogens (primary N) is 1. The molecular formula is C13H19NO. The van der Waals surface area contributed by atoms with Crippen LogP contribution in [0.2, 0.25) is 0 Å². The van der Waals surface area contributed by atoms with Crippen LogP contribution in [0.5, 0.6) is 0 Å². The summed E-state index contributed by atoms with van der Waals surface area (Å²) in [5.41, 5.74) is 7.37. The van der Waals surface area contributed by atoms with Crippen LogP contribution in [0, 0.1) is 6.92 Å². The molecule has 15 heavy (non-hydrogen) atoms. The van der Waals surface area contributed by atoms with E-state index in [2.05, 4.69) is 0 Å². The highest BCUT2D eigenvalue weighted by molar-refractivity contribution is 5.96. The predicted molar refractivity (Wildman–Crippen MR) is 63.0 cm³/mol. The van der Waals surface area contributed by atoms with Crippen molar-refractivity contribution in [1.82, 2.24) is 0 Å². The van der Waals surface area contributed by atoms with Gasteiger partial charge in [0.15, 0.2) is 5.78 Å². The minimum absolute atomic E-state index is 0.246. The average Bonchev–Trinajstić information content (AvgIpc) is 2.24. The molecule has 0 heterocycles. The first kappa shape index (κ1) is 11.9. The molecular weight excluding hydrogens is 186 g/mol. The maximum atomic E-state index is 11.7. The topological polar surface area (TPSA) is 43.1 Å². The molecule has 2 heteroatoms. The normalized spacial score (nSPS) is 10.3. The van der Waals surface area contributed by atoms with E-state index in [-0.39, 0.29) is 5.78 Å². The Labute approximate surface area is 91.5 Å². The summed E-state index contributed by atoms with van der Waals surface area (Å²) in [6.45, 7) is 2.73. The second-order valence-electron chi connectivity index (χ2n) is 3.89. The lowest BCUT2D eigenvalue weighted by Crippen LogP contribution is -2.01. The van der Waals surface area contributed by atoms with E-state index < -0.39 is 0 Å². The molecule has 0 aliphatic rings. The van der Waals surface area contributed by atoms with Crippen molar-refractivity contribution in [2.75, 3.05) is 6.54 Å². The van der Waals surface area contributed by atoms with Crippen LogP contribution in [0.1, 0.15) is 41.6 Å². The molecule has 0 unspecified atom stereocenters. The van der Waals surface area contributed by atoms with Crippen molar-refractivity contribution in [2.45, 2.75) is 32.6 Å². The lowest BCUT2D eigenvalue weighted by Gasteiger charge is -2.01. The van der Waals surface area contributed by atoms with E-state index in [1.54, 1.807) is 0 Å². The number of carbonyl (C=O) groups excluding carboxylic acids is 1. The molecule has 2 N–H and O–H groups in total. The van der Waals surface area contributed by atoms with Crippen molar-refractivity contribution >= 4 is 5.78 Å². The van der Waals surface area contributed by atoms with E-state index in [1.165, 1.54) is 0 Å². The Balaban J connectivity index is 2.40. The highest BCUT2D eigenvalue weighted by Gasteiger charge is 2.04. The summed E-state index contributed by atoms with van der Waals surface area (Å²) in [7, 11) is 0. The van der Waals surface area contributed by atoms with Crippen molar-refractivity contribution < 1.29 is 4.79 Å². The third-order valence-electron chi connectivity index (χ3n) is 2.45. The SMILES string of the molecule is Cc1cccc(C(=O)CCCCCN)c1. The summed E-state index contributed by atoms with van der Waals surface area (Å²) in [5.74, 6) is 0.246. The Hall–Kier alpha value is -1.15. The number of hydrogen-bond donors (Lipinski definition) is 1. The Bertz CT molecular complexity index is 320. The van der Waals surface area contributed by atoms with Crippen LogP contribution in [-0.2, 0) is 0 Å². The number of ketones is 1. The first-order chi connectivity index (χ1) is 7.24. The largest absolute Gasteiger partial charge is 0.330 e. The number of benzene rings is 1. The van der Waals surface area contributed by atoms with Crippen molar-refractivity contribution in [2.24, 2.45) is 5.73 Å². The Morgan fingerprint density at radius 2 is 2.07 bits per heavy atom. The average molecular weight is 205 g/mol. The third-order valence-corrected chi connectivity index (χ3v) is 2.45. The Morgan fingerprint density at radius 3 is 2.73 bits per heavy atom. The summed E-state index contributed by atoms with van der Waals surface area (Å²) < 4.78 is 0. The molecule has 82 valence electrons. The van der Waals surface area contributed by atoms with Crippen molar-refractivity contribution in [3.05, 3.63) is 35.4 Å². The van der Waals surface area contributed by atoms with Gasteiger partial charge in [-0.1, -0.05) is 30.2 Å². The molecule has 1 rings (SSSR count). The molecule has 0 bridgehead atoms. The highest BCUT2D eigenvalue weighted by Crippen LogP contribution is 2.09. The minimum Gasteiger partial charge on any atom is -0.330 e. The summed E-state index contributed by atoms with van der Waals surface area (Å²) in [6, 6.07) is 7.77. The minimum atomic E-state index is 0.246. The number of hydrogen-bond acceptors (Lipinski definition) is 2. The molecule has 2 nitrogen and oxygen atoms in total. The lowest BCUT2D eigenvalue weighted by molar-refractivity contribution is 0.0979. The second-order valence-corrected chi connectivity index (χ2v) is 3.89. The molecule has 0 atom stereocenters. The van der Waals surface area contributed by atoms with E-state index in [9.17, 15) is 4.79 Å².